The highest BCUT2D eigenvalue weighted by Gasteiger charge is 2.12. The van der Waals surface area contributed by atoms with Crippen molar-refractivity contribution in [3.63, 3.8) is 0 Å². The van der Waals surface area contributed by atoms with E-state index >= 15 is 0 Å². The summed E-state index contributed by atoms with van der Waals surface area (Å²) in [6.07, 6.45) is 2.15. The first-order chi connectivity index (χ1) is 10.7. The molecule has 9 heteroatoms. The second-order valence-electron chi connectivity index (χ2n) is 4.30. The fourth-order valence-corrected chi connectivity index (χ4v) is 3.34. The zero-order valence-electron chi connectivity index (χ0n) is 11.3. The van der Waals surface area contributed by atoms with E-state index in [1.165, 1.54) is 28.3 Å². The monoisotopic (exact) mass is 333 g/mol. The van der Waals surface area contributed by atoms with E-state index < -0.39 is 5.97 Å². The smallest absolute Gasteiger partial charge is 0.347 e. The standard InChI is InChI=1S/C13H11N5O2S2/c19-11(20)10-8-14-13(21-10)22-12-15-17-18(16-12)7-6-9-4-2-1-3-5-9/h1-5,8H,6-7H2,(H,19,20). The maximum absolute atomic E-state index is 10.8. The molecule has 3 rings (SSSR count). The van der Waals surface area contributed by atoms with Crippen LogP contribution in [0.25, 0.3) is 0 Å². The van der Waals surface area contributed by atoms with Gasteiger partial charge in [-0.25, -0.2) is 9.78 Å². The zero-order valence-corrected chi connectivity index (χ0v) is 12.9. The van der Waals surface area contributed by atoms with Gasteiger partial charge in [-0.3, -0.25) is 0 Å². The minimum absolute atomic E-state index is 0.193. The third kappa shape index (κ3) is 3.68. The van der Waals surface area contributed by atoms with E-state index in [1.54, 1.807) is 0 Å². The van der Waals surface area contributed by atoms with Crippen LogP contribution in [-0.2, 0) is 13.0 Å². The first-order valence-electron chi connectivity index (χ1n) is 6.39. The van der Waals surface area contributed by atoms with Crippen LogP contribution in [-0.4, -0.2) is 36.3 Å². The number of thiazole rings is 1. The number of aromatic carboxylic acids is 1. The lowest BCUT2D eigenvalue weighted by molar-refractivity contribution is 0.0702. The Kier molecular flexibility index (Phi) is 4.45. The normalized spacial score (nSPS) is 10.7. The first kappa shape index (κ1) is 14.7. The number of aromatic nitrogens is 5. The summed E-state index contributed by atoms with van der Waals surface area (Å²) < 4.78 is 0.583. The third-order valence-corrected chi connectivity index (χ3v) is 4.66. The Balaban J connectivity index is 1.59. The lowest BCUT2D eigenvalue weighted by Gasteiger charge is -1.98. The van der Waals surface area contributed by atoms with Crippen LogP contribution in [0.15, 0.2) is 46.0 Å². The van der Waals surface area contributed by atoms with Crippen molar-refractivity contribution in [3.05, 3.63) is 47.0 Å². The average Bonchev–Trinajstić information content (AvgIpc) is 3.16. The molecular formula is C13H11N5O2S2. The van der Waals surface area contributed by atoms with E-state index in [4.69, 9.17) is 5.11 Å². The molecule has 7 nitrogen and oxygen atoms in total. The van der Waals surface area contributed by atoms with Gasteiger partial charge in [-0.15, -0.1) is 21.5 Å². The number of carboxylic acid groups (broad SMARTS) is 1. The Bertz CT molecular complexity index is 772. The molecule has 0 atom stereocenters. The highest BCUT2D eigenvalue weighted by molar-refractivity contribution is 8.00. The van der Waals surface area contributed by atoms with Gasteiger partial charge in [0, 0.05) is 0 Å². The number of nitrogens with zero attached hydrogens (tertiary/aromatic N) is 5. The van der Waals surface area contributed by atoms with E-state index in [0.717, 1.165) is 17.8 Å². The van der Waals surface area contributed by atoms with Gasteiger partial charge in [0.05, 0.1) is 12.7 Å². The molecule has 0 bridgehead atoms. The van der Waals surface area contributed by atoms with E-state index in [-0.39, 0.29) is 4.88 Å². The minimum atomic E-state index is -0.983. The molecule has 3 aromatic rings. The molecule has 0 fully saturated rings. The van der Waals surface area contributed by atoms with Crippen LogP contribution in [0.1, 0.15) is 15.2 Å². The average molecular weight is 333 g/mol. The van der Waals surface area contributed by atoms with Crippen molar-refractivity contribution in [2.24, 2.45) is 0 Å². The molecule has 0 aliphatic rings. The molecule has 0 amide bonds. The Morgan fingerprint density at radius 2 is 2.14 bits per heavy atom. The number of aryl methyl sites for hydroxylation is 2. The lowest BCUT2D eigenvalue weighted by atomic mass is 10.2. The van der Waals surface area contributed by atoms with Crippen molar-refractivity contribution in [3.8, 4) is 0 Å². The molecule has 0 aliphatic carbocycles. The molecule has 0 spiro atoms. The van der Waals surface area contributed by atoms with Gasteiger partial charge in [-0.05, 0) is 29.0 Å². The van der Waals surface area contributed by atoms with Crippen molar-refractivity contribution >= 4 is 29.1 Å². The summed E-state index contributed by atoms with van der Waals surface area (Å²) in [6, 6.07) is 10.1. The van der Waals surface area contributed by atoms with Gasteiger partial charge in [-0.2, -0.15) is 4.80 Å². The molecule has 2 aromatic heterocycles. The quantitative estimate of drug-likeness (QED) is 0.739. The molecule has 112 valence electrons. The van der Waals surface area contributed by atoms with Crippen LogP contribution in [0, 0.1) is 0 Å². The van der Waals surface area contributed by atoms with Gasteiger partial charge in [0.15, 0.2) is 4.34 Å². The fourth-order valence-electron chi connectivity index (χ4n) is 1.72. The number of carbonyl (C=O) groups is 1. The highest BCUT2D eigenvalue weighted by atomic mass is 32.2. The lowest BCUT2D eigenvalue weighted by Crippen LogP contribution is -2.05. The Labute approximate surface area is 134 Å². The zero-order chi connectivity index (χ0) is 15.4. The van der Waals surface area contributed by atoms with Gasteiger partial charge in [0.25, 0.3) is 0 Å². The largest absolute Gasteiger partial charge is 0.477 e. The van der Waals surface area contributed by atoms with Gasteiger partial charge < -0.3 is 5.11 Å². The second kappa shape index (κ2) is 6.67. The molecule has 1 N–H and O–H groups in total. The summed E-state index contributed by atoms with van der Waals surface area (Å²) in [4.78, 5) is 16.5. The van der Waals surface area contributed by atoms with Crippen LogP contribution in [0.4, 0.5) is 0 Å². The molecule has 0 saturated heterocycles. The summed E-state index contributed by atoms with van der Waals surface area (Å²) in [5.41, 5.74) is 1.21. The number of tetrazole rings is 1. The molecule has 1 aromatic carbocycles. The van der Waals surface area contributed by atoms with Crippen LogP contribution in [0.3, 0.4) is 0 Å². The predicted molar refractivity (Wildman–Crippen MR) is 81.2 cm³/mol. The van der Waals surface area contributed by atoms with E-state index in [1.807, 2.05) is 18.2 Å². The Hall–Kier alpha value is -2.26. The second-order valence-corrected chi connectivity index (χ2v) is 6.55. The SMILES string of the molecule is O=C(O)c1cnc(Sc2nnn(CCc3ccccc3)n2)s1. The minimum Gasteiger partial charge on any atom is -0.477 e. The maximum Gasteiger partial charge on any atom is 0.347 e. The molecular weight excluding hydrogens is 322 g/mol. The van der Waals surface area contributed by atoms with Crippen molar-refractivity contribution < 1.29 is 9.90 Å². The Morgan fingerprint density at radius 3 is 2.86 bits per heavy atom. The number of rotatable bonds is 6. The topological polar surface area (TPSA) is 93.8 Å². The first-order valence-corrected chi connectivity index (χ1v) is 8.03. The van der Waals surface area contributed by atoms with Crippen molar-refractivity contribution in [2.75, 3.05) is 0 Å². The number of hydrogen-bond donors (Lipinski definition) is 1. The number of benzene rings is 1. The summed E-state index contributed by atoms with van der Waals surface area (Å²) in [6.45, 7) is 0.635. The fraction of sp³-hybridized carbons (Fsp3) is 0.154. The predicted octanol–water partition coefficient (Wildman–Crippen LogP) is 2.22. The Morgan fingerprint density at radius 1 is 1.32 bits per heavy atom. The molecule has 22 heavy (non-hydrogen) atoms. The summed E-state index contributed by atoms with van der Waals surface area (Å²) in [7, 11) is 0. The van der Waals surface area contributed by atoms with E-state index in [0.29, 0.717) is 16.0 Å². The van der Waals surface area contributed by atoms with Crippen LogP contribution >= 0.6 is 23.1 Å². The van der Waals surface area contributed by atoms with Crippen molar-refractivity contribution in [2.45, 2.75) is 22.5 Å². The van der Waals surface area contributed by atoms with Crippen molar-refractivity contribution in [1.82, 2.24) is 25.2 Å². The maximum atomic E-state index is 10.8. The highest BCUT2D eigenvalue weighted by Crippen LogP contribution is 2.28. The van der Waals surface area contributed by atoms with Gasteiger partial charge in [0.2, 0.25) is 5.16 Å². The summed E-state index contributed by atoms with van der Waals surface area (Å²) >= 11 is 2.30. The summed E-state index contributed by atoms with van der Waals surface area (Å²) in [5, 5.41) is 21.5. The van der Waals surface area contributed by atoms with Crippen LogP contribution < -0.4 is 0 Å². The van der Waals surface area contributed by atoms with Crippen molar-refractivity contribution in [1.29, 1.82) is 0 Å². The molecule has 0 aliphatic heterocycles. The molecule has 0 saturated carbocycles. The van der Waals surface area contributed by atoms with Gasteiger partial charge in [-0.1, -0.05) is 30.3 Å². The van der Waals surface area contributed by atoms with E-state index in [9.17, 15) is 4.79 Å². The van der Waals surface area contributed by atoms with E-state index in [2.05, 4.69) is 32.5 Å². The molecule has 0 unspecified atom stereocenters. The summed E-state index contributed by atoms with van der Waals surface area (Å²) in [5.74, 6) is -0.983. The molecule has 2 heterocycles. The van der Waals surface area contributed by atoms with Crippen LogP contribution in [0.5, 0.6) is 0 Å². The van der Waals surface area contributed by atoms with Gasteiger partial charge in [0.1, 0.15) is 4.88 Å². The van der Waals surface area contributed by atoms with Gasteiger partial charge >= 0.3 is 5.97 Å². The third-order valence-electron chi connectivity index (χ3n) is 2.75. The number of carboxylic acids is 1. The van der Waals surface area contributed by atoms with Crippen LogP contribution in [0.2, 0.25) is 0 Å². The molecule has 0 radical (unpaired) electrons. The number of hydrogen-bond acceptors (Lipinski definition) is 7.